The van der Waals surface area contributed by atoms with E-state index in [1.807, 2.05) is 12.1 Å². The molecule has 3 heterocycles. The van der Waals surface area contributed by atoms with Crippen molar-refractivity contribution in [3.8, 4) is 5.75 Å². The highest BCUT2D eigenvalue weighted by Gasteiger charge is 2.23. The first kappa shape index (κ1) is 20.3. The number of aromatic nitrogens is 2. The largest absolute Gasteiger partial charge is 0.481 e. The number of ether oxygens (including phenoxy) is 1. The second kappa shape index (κ2) is 9.25. The number of likely N-dealkylation sites (N-methyl/N-ethyl adjacent to an activating group) is 1. The predicted octanol–water partition coefficient (Wildman–Crippen LogP) is 1.10. The Hall–Kier alpha value is -2.94. The molecular formula is C21H27FN6O2. The molecule has 4 rings (SSSR count). The Balaban J connectivity index is 1.26. The normalized spacial score (nSPS) is 17.9. The summed E-state index contributed by atoms with van der Waals surface area (Å²) in [6, 6.07) is 10.1. The minimum atomic E-state index is -0.464. The number of nitrogens with zero attached hydrogens (tertiary/aromatic N) is 6. The van der Waals surface area contributed by atoms with Gasteiger partial charge in [0, 0.05) is 52.4 Å². The molecule has 2 aromatic rings. The van der Waals surface area contributed by atoms with E-state index in [2.05, 4.69) is 31.9 Å². The number of piperazine rings is 2. The van der Waals surface area contributed by atoms with E-state index >= 15 is 0 Å². The number of para-hydroxylation sites is 1. The van der Waals surface area contributed by atoms with Crippen molar-refractivity contribution in [1.82, 2.24) is 20.0 Å². The zero-order valence-corrected chi connectivity index (χ0v) is 17.2. The first-order chi connectivity index (χ1) is 14.6. The summed E-state index contributed by atoms with van der Waals surface area (Å²) in [4.78, 5) is 20.8. The van der Waals surface area contributed by atoms with E-state index in [0.29, 0.717) is 26.2 Å². The monoisotopic (exact) mass is 414 g/mol. The molecule has 2 saturated heterocycles. The minimum Gasteiger partial charge on any atom is -0.481 e. The van der Waals surface area contributed by atoms with Crippen molar-refractivity contribution < 1.29 is 13.9 Å². The Bertz CT molecular complexity index is 849. The number of hydrogen-bond donors (Lipinski definition) is 0. The molecule has 8 nitrogen and oxygen atoms in total. The minimum absolute atomic E-state index is 0.0974. The van der Waals surface area contributed by atoms with Gasteiger partial charge >= 0.3 is 0 Å². The first-order valence-electron chi connectivity index (χ1n) is 10.3. The maximum Gasteiger partial charge on any atom is 0.260 e. The second-order valence-corrected chi connectivity index (χ2v) is 7.63. The molecule has 2 fully saturated rings. The van der Waals surface area contributed by atoms with E-state index in [9.17, 15) is 9.18 Å². The van der Waals surface area contributed by atoms with E-state index in [-0.39, 0.29) is 18.3 Å². The van der Waals surface area contributed by atoms with Crippen molar-refractivity contribution >= 4 is 17.5 Å². The summed E-state index contributed by atoms with van der Waals surface area (Å²) in [7, 11) is 2.13. The summed E-state index contributed by atoms with van der Waals surface area (Å²) in [6.45, 7) is 6.30. The fraction of sp³-hybridized carbons (Fsp3) is 0.476. The van der Waals surface area contributed by atoms with Crippen LogP contribution in [0, 0.1) is 5.82 Å². The Morgan fingerprint density at radius 2 is 1.47 bits per heavy atom. The van der Waals surface area contributed by atoms with Crippen LogP contribution < -0.4 is 14.5 Å². The lowest BCUT2D eigenvalue weighted by Gasteiger charge is -2.35. The van der Waals surface area contributed by atoms with Gasteiger partial charge in [-0.2, -0.15) is 0 Å². The maximum atomic E-state index is 13.6. The van der Waals surface area contributed by atoms with Crippen LogP contribution in [0.3, 0.4) is 0 Å². The Labute approximate surface area is 175 Å². The van der Waals surface area contributed by atoms with E-state index < -0.39 is 5.82 Å². The van der Waals surface area contributed by atoms with Gasteiger partial charge in [0.1, 0.15) is 0 Å². The third-order valence-corrected chi connectivity index (χ3v) is 5.61. The molecule has 1 aromatic carbocycles. The van der Waals surface area contributed by atoms with Gasteiger partial charge in [-0.15, -0.1) is 10.2 Å². The van der Waals surface area contributed by atoms with Gasteiger partial charge in [-0.25, -0.2) is 4.39 Å². The number of amides is 1. The quantitative estimate of drug-likeness (QED) is 0.726. The molecule has 0 atom stereocenters. The van der Waals surface area contributed by atoms with Crippen molar-refractivity contribution in [3.63, 3.8) is 0 Å². The number of carbonyl (C=O) groups excluding carboxylic acids is 1. The van der Waals surface area contributed by atoms with Gasteiger partial charge in [-0.05, 0) is 31.3 Å². The summed E-state index contributed by atoms with van der Waals surface area (Å²) in [5.74, 6) is 1.22. The molecule has 160 valence electrons. The van der Waals surface area contributed by atoms with Crippen molar-refractivity contribution in [2.45, 2.75) is 0 Å². The number of benzene rings is 1. The fourth-order valence-electron chi connectivity index (χ4n) is 3.67. The van der Waals surface area contributed by atoms with Gasteiger partial charge in [-0.1, -0.05) is 12.1 Å². The van der Waals surface area contributed by atoms with Crippen LogP contribution >= 0.6 is 0 Å². The molecule has 1 aromatic heterocycles. The van der Waals surface area contributed by atoms with Crippen LogP contribution in [0.15, 0.2) is 36.4 Å². The fourth-order valence-corrected chi connectivity index (χ4v) is 3.67. The topological polar surface area (TPSA) is 65.0 Å². The van der Waals surface area contributed by atoms with Gasteiger partial charge in [0.05, 0.1) is 0 Å². The number of anilines is 2. The predicted molar refractivity (Wildman–Crippen MR) is 112 cm³/mol. The van der Waals surface area contributed by atoms with Crippen LogP contribution in [-0.4, -0.2) is 91.9 Å². The molecule has 30 heavy (non-hydrogen) atoms. The first-order valence-corrected chi connectivity index (χ1v) is 10.3. The van der Waals surface area contributed by atoms with Crippen molar-refractivity contribution in [3.05, 3.63) is 42.2 Å². The Kier molecular flexibility index (Phi) is 6.27. The average Bonchev–Trinajstić information content (AvgIpc) is 2.79. The molecule has 0 N–H and O–H groups in total. The molecule has 0 bridgehead atoms. The van der Waals surface area contributed by atoms with Crippen molar-refractivity contribution in [1.29, 1.82) is 0 Å². The molecule has 2 aliphatic rings. The average molecular weight is 414 g/mol. The SMILES string of the molecule is CN1CCN(c2ccc(N3CCN(C(=O)COc4ccccc4F)CC3)nn2)CC1. The lowest BCUT2D eigenvalue weighted by Crippen LogP contribution is -2.50. The lowest BCUT2D eigenvalue weighted by molar-refractivity contribution is -0.133. The van der Waals surface area contributed by atoms with Gasteiger partial charge < -0.3 is 24.3 Å². The van der Waals surface area contributed by atoms with Crippen LogP contribution in [0.4, 0.5) is 16.0 Å². The molecule has 0 saturated carbocycles. The van der Waals surface area contributed by atoms with Gasteiger partial charge in [0.15, 0.2) is 29.8 Å². The van der Waals surface area contributed by atoms with E-state index in [4.69, 9.17) is 4.74 Å². The van der Waals surface area contributed by atoms with Crippen molar-refractivity contribution in [2.75, 3.05) is 75.8 Å². The zero-order valence-electron chi connectivity index (χ0n) is 17.2. The number of hydrogen-bond acceptors (Lipinski definition) is 7. The number of halogens is 1. The molecule has 9 heteroatoms. The third kappa shape index (κ3) is 4.79. The summed E-state index contributed by atoms with van der Waals surface area (Å²) in [5, 5.41) is 8.81. The van der Waals surface area contributed by atoms with Crippen LogP contribution in [-0.2, 0) is 4.79 Å². The van der Waals surface area contributed by atoms with Crippen LogP contribution in [0.2, 0.25) is 0 Å². The van der Waals surface area contributed by atoms with Crippen LogP contribution in [0.5, 0.6) is 5.75 Å². The third-order valence-electron chi connectivity index (χ3n) is 5.61. The zero-order chi connectivity index (χ0) is 20.9. The molecular weight excluding hydrogens is 387 g/mol. The maximum absolute atomic E-state index is 13.6. The highest BCUT2D eigenvalue weighted by atomic mass is 19.1. The summed E-state index contributed by atoms with van der Waals surface area (Å²) >= 11 is 0. The van der Waals surface area contributed by atoms with Crippen LogP contribution in [0.1, 0.15) is 0 Å². The standard InChI is InChI=1S/C21H27FN6O2/c1-25-8-10-26(11-9-25)19-6-7-20(24-23-19)27-12-14-28(15-13-27)21(29)16-30-18-5-3-2-4-17(18)22/h2-7H,8-16H2,1H3. The number of carbonyl (C=O) groups is 1. The summed E-state index contributed by atoms with van der Waals surface area (Å²) < 4.78 is 18.9. The van der Waals surface area contributed by atoms with E-state index in [1.54, 1.807) is 17.0 Å². The summed E-state index contributed by atoms with van der Waals surface area (Å²) in [5.41, 5.74) is 0. The highest BCUT2D eigenvalue weighted by Crippen LogP contribution is 2.18. The van der Waals surface area contributed by atoms with E-state index in [0.717, 1.165) is 37.8 Å². The molecule has 0 spiro atoms. The number of rotatable bonds is 5. The van der Waals surface area contributed by atoms with Gasteiger partial charge in [0.2, 0.25) is 0 Å². The Morgan fingerprint density at radius 3 is 2.03 bits per heavy atom. The molecule has 2 aliphatic heterocycles. The summed E-state index contributed by atoms with van der Waals surface area (Å²) in [6.07, 6.45) is 0. The van der Waals surface area contributed by atoms with Crippen molar-refractivity contribution in [2.24, 2.45) is 0 Å². The molecule has 0 unspecified atom stereocenters. The van der Waals surface area contributed by atoms with Gasteiger partial charge in [0.25, 0.3) is 5.91 Å². The lowest BCUT2D eigenvalue weighted by atomic mass is 10.3. The van der Waals surface area contributed by atoms with Crippen LogP contribution in [0.25, 0.3) is 0 Å². The highest BCUT2D eigenvalue weighted by molar-refractivity contribution is 5.78. The Morgan fingerprint density at radius 1 is 0.900 bits per heavy atom. The van der Waals surface area contributed by atoms with E-state index in [1.165, 1.54) is 12.1 Å². The molecule has 0 aliphatic carbocycles. The molecule has 1 amide bonds. The van der Waals surface area contributed by atoms with Gasteiger partial charge in [-0.3, -0.25) is 4.79 Å². The molecule has 0 radical (unpaired) electrons. The smallest absolute Gasteiger partial charge is 0.260 e. The second-order valence-electron chi connectivity index (χ2n) is 7.63.